The van der Waals surface area contributed by atoms with Gasteiger partial charge in [0.2, 0.25) is 0 Å². The van der Waals surface area contributed by atoms with Crippen molar-refractivity contribution in [3.8, 4) is 6.07 Å². The first kappa shape index (κ1) is 14.1. The molecule has 101 valence electrons. The second kappa shape index (κ2) is 7.34. The maximum atomic E-state index is 8.82. The lowest BCUT2D eigenvalue weighted by Crippen LogP contribution is -2.14. The highest BCUT2D eigenvalue weighted by Crippen LogP contribution is 2.36. The predicted molar refractivity (Wildman–Crippen MR) is 79.6 cm³/mol. The van der Waals surface area contributed by atoms with Gasteiger partial charge < -0.3 is 0 Å². The van der Waals surface area contributed by atoms with Crippen molar-refractivity contribution in [3.05, 3.63) is 41.3 Å². The largest absolute Gasteiger partial charge is 0.192 e. The van der Waals surface area contributed by atoms with Gasteiger partial charge in [-0.15, -0.1) is 0 Å². The third-order valence-electron chi connectivity index (χ3n) is 4.35. The molecule has 1 fully saturated rings. The van der Waals surface area contributed by atoms with Crippen molar-refractivity contribution in [1.29, 1.82) is 5.26 Å². The molecule has 2 rings (SSSR count). The molecule has 1 aromatic carbocycles. The molecule has 1 nitrogen and oxygen atoms in total. The Hall–Kier alpha value is -1.29. The average Bonchev–Trinajstić information content (AvgIpc) is 2.48. The molecule has 1 aliphatic carbocycles. The van der Waals surface area contributed by atoms with Crippen LogP contribution >= 0.6 is 0 Å². The molecule has 0 heterocycles. The fraction of sp³-hybridized carbons (Fsp3) is 0.556. The first-order valence-corrected chi connectivity index (χ1v) is 7.68. The highest BCUT2D eigenvalue weighted by molar-refractivity contribution is 5.38. The molecular weight excluding hydrogens is 230 g/mol. The zero-order chi connectivity index (χ0) is 13.5. The Morgan fingerprint density at radius 2 is 1.79 bits per heavy atom. The Morgan fingerprint density at radius 1 is 1.11 bits per heavy atom. The van der Waals surface area contributed by atoms with E-state index in [1.165, 1.54) is 56.9 Å². The molecule has 0 amide bonds. The van der Waals surface area contributed by atoms with Gasteiger partial charge in [-0.3, -0.25) is 0 Å². The smallest absolute Gasteiger partial charge is 0.0991 e. The van der Waals surface area contributed by atoms with E-state index in [0.29, 0.717) is 0 Å². The summed E-state index contributed by atoms with van der Waals surface area (Å²) in [5, 5.41) is 8.82. The molecule has 19 heavy (non-hydrogen) atoms. The van der Waals surface area contributed by atoms with Crippen molar-refractivity contribution in [2.45, 2.75) is 58.3 Å². The fourth-order valence-corrected chi connectivity index (χ4v) is 3.07. The molecule has 1 aliphatic rings. The molecule has 1 saturated carbocycles. The minimum atomic E-state index is 0.762. The average molecular weight is 254 g/mol. The molecule has 0 spiro atoms. The molecule has 0 saturated heterocycles. The Morgan fingerprint density at radius 3 is 2.37 bits per heavy atom. The van der Waals surface area contributed by atoms with E-state index in [-0.39, 0.29) is 0 Å². The highest BCUT2D eigenvalue weighted by atomic mass is 14.3. The van der Waals surface area contributed by atoms with Crippen LogP contribution in [0.15, 0.2) is 24.3 Å². The van der Waals surface area contributed by atoms with Gasteiger partial charge in [0.1, 0.15) is 0 Å². The monoisotopic (exact) mass is 254 g/mol. The Labute approximate surface area is 117 Å². The molecule has 0 aliphatic heterocycles. The number of rotatable bonds is 5. The van der Waals surface area contributed by atoms with Gasteiger partial charge in [-0.25, -0.2) is 0 Å². The molecule has 0 aromatic heterocycles. The molecule has 1 heteroatoms. The van der Waals surface area contributed by atoms with Crippen LogP contribution in [0.5, 0.6) is 0 Å². The van der Waals surface area contributed by atoms with Gasteiger partial charge in [0.05, 0.1) is 11.6 Å². The summed E-state index contributed by atoms with van der Waals surface area (Å²) in [6.07, 6.45) is 10.8. The van der Waals surface area contributed by atoms with Crippen LogP contribution in [0, 0.1) is 23.2 Å². The maximum absolute atomic E-state index is 8.82. The van der Waals surface area contributed by atoms with Gasteiger partial charge >= 0.3 is 0 Å². The second-order valence-electron chi connectivity index (χ2n) is 5.73. The number of nitriles is 1. The molecule has 1 radical (unpaired) electrons. The van der Waals surface area contributed by atoms with E-state index >= 15 is 0 Å². The number of unbranched alkanes of at least 4 members (excludes halogenated alkanes) is 2. The number of hydrogen-bond donors (Lipinski definition) is 0. The van der Waals surface area contributed by atoms with Crippen molar-refractivity contribution in [3.63, 3.8) is 0 Å². The minimum Gasteiger partial charge on any atom is -0.192 e. The standard InChI is InChI=1S/C18H24N/c1-2-3-4-5-15-6-10-17(11-7-15)18-12-8-16(14-19)9-13-18/h8-9,12-13,15H,2-7,10-11H2,1H3. The van der Waals surface area contributed by atoms with Crippen LogP contribution < -0.4 is 0 Å². The maximum Gasteiger partial charge on any atom is 0.0991 e. The first-order chi connectivity index (χ1) is 9.33. The van der Waals surface area contributed by atoms with Gasteiger partial charge in [-0.2, -0.15) is 5.26 Å². The molecule has 0 N–H and O–H groups in total. The number of nitrogens with zero attached hydrogens (tertiary/aromatic N) is 1. The minimum absolute atomic E-state index is 0.762. The Bertz CT molecular complexity index is 404. The summed E-state index contributed by atoms with van der Waals surface area (Å²) >= 11 is 0. The van der Waals surface area contributed by atoms with Gasteiger partial charge in [0.15, 0.2) is 0 Å². The van der Waals surface area contributed by atoms with Crippen LogP contribution in [0.4, 0.5) is 0 Å². The number of benzene rings is 1. The topological polar surface area (TPSA) is 23.8 Å². The normalized spacial score (nSPS) is 17.3. The Kier molecular flexibility index (Phi) is 5.45. The molecule has 1 aromatic rings. The van der Waals surface area contributed by atoms with E-state index in [0.717, 1.165) is 11.5 Å². The molecule has 0 bridgehead atoms. The van der Waals surface area contributed by atoms with Gasteiger partial charge in [0.25, 0.3) is 0 Å². The van der Waals surface area contributed by atoms with Crippen molar-refractivity contribution >= 4 is 0 Å². The van der Waals surface area contributed by atoms with Crippen LogP contribution in [0.3, 0.4) is 0 Å². The lowest BCUT2D eigenvalue weighted by Gasteiger charge is -2.28. The summed E-state index contributed by atoms with van der Waals surface area (Å²) in [7, 11) is 0. The van der Waals surface area contributed by atoms with Gasteiger partial charge in [-0.1, -0.05) is 44.7 Å². The quantitative estimate of drug-likeness (QED) is 0.658. The SMILES string of the molecule is CCCCCC1CC[C](c2ccc(C#N)cc2)CC1. The summed E-state index contributed by atoms with van der Waals surface area (Å²) in [6, 6.07) is 10.3. The summed E-state index contributed by atoms with van der Waals surface area (Å²) in [5.41, 5.74) is 2.11. The third-order valence-corrected chi connectivity index (χ3v) is 4.35. The van der Waals surface area contributed by atoms with Crippen LogP contribution in [-0.2, 0) is 0 Å². The third kappa shape index (κ3) is 4.10. The second-order valence-corrected chi connectivity index (χ2v) is 5.73. The molecular formula is C18H24N. The van der Waals surface area contributed by atoms with E-state index < -0.39 is 0 Å². The van der Waals surface area contributed by atoms with E-state index in [1.54, 1.807) is 5.92 Å². The Balaban J connectivity index is 1.80. The summed E-state index contributed by atoms with van der Waals surface area (Å²) in [6.45, 7) is 2.28. The van der Waals surface area contributed by atoms with Crippen molar-refractivity contribution in [2.75, 3.05) is 0 Å². The summed E-state index contributed by atoms with van der Waals surface area (Å²) in [4.78, 5) is 0. The fourth-order valence-electron chi connectivity index (χ4n) is 3.07. The van der Waals surface area contributed by atoms with Crippen molar-refractivity contribution < 1.29 is 0 Å². The van der Waals surface area contributed by atoms with Crippen LogP contribution in [-0.4, -0.2) is 0 Å². The molecule has 0 atom stereocenters. The first-order valence-electron chi connectivity index (χ1n) is 7.68. The van der Waals surface area contributed by atoms with Crippen LogP contribution in [0.25, 0.3) is 0 Å². The van der Waals surface area contributed by atoms with E-state index in [9.17, 15) is 0 Å². The van der Waals surface area contributed by atoms with Gasteiger partial charge in [0, 0.05) is 5.92 Å². The van der Waals surface area contributed by atoms with Crippen molar-refractivity contribution in [2.24, 2.45) is 5.92 Å². The van der Waals surface area contributed by atoms with E-state index in [4.69, 9.17) is 5.26 Å². The molecule has 0 unspecified atom stereocenters. The number of hydrogen-bond acceptors (Lipinski definition) is 1. The van der Waals surface area contributed by atoms with Crippen LogP contribution in [0.2, 0.25) is 0 Å². The van der Waals surface area contributed by atoms with Crippen molar-refractivity contribution in [1.82, 2.24) is 0 Å². The highest BCUT2D eigenvalue weighted by Gasteiger charge is 2.22. The lowest BCUT2D eigenvalue weighted by atomic mass is 9.77. The van der Waals surface area contributed by atoms with E-state index in [2.05, 4.69) is 25.1 Å². The van der Waals surface area contributed by atoms with E-state index in [1.807, 2.05) is 12.1 Å². The predicted octanol–water partition coefficient (Wildman–Crippen LogP) is 5.25. The summed E-state index contributed by atoms with van der Waals surface area (Å²) < 4.78 is 0. The zero-order valence-electron chi connectivity index (χ0n) is 12.0. The zero-order valence-corrected chi connectivity index (χ0v) is 12.0. The van der Waals surface area contributed by atoms with Gasteiger partial charge in [-0.05, 0) is 49.3 Å². The lowest BCUT2D eigenvalue weighted by molar-refractivity contribution is 0.352. The van der Waals surface area contributed by atoms with Crippen LogP contribution in [0.1, 0.15) is 69.4 Å². The summed E-state index contributed by atoms with van der Waals surface area (Å²) in [5.74, 6) is 2.55.